The van der Waals surface area contributed by atoms with Crippen LogP contribution in [-0.4, -0.2) is 62.3 Å². The van der Waals surface area contributed by atoms with Crippen molar-refractivity contribution in [2.75, 3.05) is 13.6 Å². The predicted molar refractivity (Wildman–Crippen MR) is 107 cm³/mol. The maximum Gasteiger partial charge on any atom is 0.410 e. The zero-order valence-corrected chi connectivity index (χ0v) is 19.3. The van der Waals surface area contributed by atoms with Gasteiger partial charge in [-0.05, 0) is 38.9 Å². The maximum atomic E-state index is 12.6. The van der Waals surface area contributed by atoms with E-state index >= 15 is 0 Å². The van der Waals surface area contributed by atoms with Gasteiger partial charge in [0.15, 0.2) is 14.1 Å². The topological polar surface area (TPSA) is 84.9 Å². The van der Waals surface area contributed by atoms with Crippen LogP contribution in [0.15, 0.2) is 0 Å². The number of Topliss-reactive ketones (excluding diaryl/α,β-unsaturated/α-hetero) is 1. The first kappa shape index (κ1) is 23.6. The molecule has 2 amide bonds. The van der Waals surface area contributed by atoms with Crippen molar-refractivity contribution in [1.82, 2.24) is 10.2 Å². The number of hydrogen-bond donors (Lipinski definition) is 1. The molecule has 0 aromatic rings. The molecule has 156 valence electrons. The Balaban J connectivity index is 3.00. The number of ketones is 1. The van der Waals surface area contributed by atoms with Gasteiger partial charge in [-0.2, -0.15) is 0 Å². The lowest BCUT2D eigenvalue weighted by Gasteiger charge is -2.38. The average Bonchev–Trinajstić information content (AvgIpc) is 2.87. The Bertz CT molecular complexity index is 578. The highest BCUT2D eigenvalue weighted by atomic mass is 28.4. The molecule has 0 aromatic carbocycles. The summed E-state index contributed by atoms with van der Waals surface area (Å²) in [6.07, 6.45) is -0.648. The lowest BCUT2D eigenvalue weighted by atomic mass is 10.1. The van der Waals surface area contributed by atoms with Gasteiger partial charge in [-0.15, -0.1) is 0 Å². The second-order valence-corrected chi connectivity index (χ2v) is 14.5. The van der Waals surface area contributed by atoms with E-state index in [1.807, 2.05) is 0 Å². The number of amides is 2. The summed E-state index contributed by atoms with van der Waals surface area (Å²) in [4.78, 5) is 38.4. The number of nitrogens with one attached hydrogen (secondary N) is 1. The highest BCUT2D eigenvalue weighted by molar-refractivity contribution is 6.74. The minimum atomic E-state index is -2.05. The van der Waals surface area contributed by atoms with Crippen LogP contribution < -0.4 is 5.32 Å². The fourth-order valence-corrected chi connectivity index (χ4v) is 4.03. The largest absolute Gasteiger partial charge is 0.444 e. The molecule has 1 aliphatic heterocycles. The molecule has 1 saturated heterocycles. The van der Waals surface area contributed by atoms with E-state index < -0.39 is 26.1 Å². The summed E-state index contributed by atoms with van der Waals surface area (Å²) >= 11 is 0. The Hall–Kier alpha value is -1.41. The minimum Gasteiger partial charge on any atom is -0.444 e. The molecule has 27 heavy (non-hydrogen) atoms. The third kappa shape index (κ3) is 6.60. The van der Waals surface area contributed by atoms with Gasteiger partial charge in [-0.3, -0.25) is 14.5 Å². The molecule has 1 N–H and O–H groups in total. The highest BCUT2D eigenvalue weighted by Gasteiger charge is 2.46. The molecule has 0 radical (unpaired) electrons. The highest BCUT2D eigenvalue weighted by Crippen LogP contribution is 2.39. The van der Waals surface area contributed by atoms with Crippen LogP contribution in [0.3, 0.4) is 0 Å². The summed E-state index contributed by atoms with van der Waals surface area (Å²) in [5.74, 6) is -0.653. The Labute approximate surface area is 164 Å². The SMILES string of the molecule is CNC(=O)CC(=O)[C@@H]1C[C@@H](O[Si](C)(C)C(C)(C)C)CN1C(=O)OC(C)(C)C. The molecule has 0 saturated carbocycles. The van der Waals surface area contributed by atoms with E-state index in [-0.39, 0.29) is 29.3 Å². The van der Waals surface area contributed by atoms with E-state index in [9.17, 15) is 14.4 Å². The predicted octanol–water partition coefficient (Wildman–Crippen LogP) is 3.09. The smallest absolute Gasteiger partial charge is 0.410 e. The van der Waals surface area contributed by atoms with Crippen LogP contribution in [-0.2, 0) is 18.8 Å². The molecule has 0 spiro atoms. The number of hydrogen-bond acceptors (Lipinski definition) is 5. The molecule has 8 heteroatoms. The molecule has 0 bridgehead atoms. The molecular weight excluding hydrogens is 364 g/mol. The molecule has 1 fully saturated rings. The molecule has 0 aliphatic carbocycles. The minimum absolute atomic E-state index is 0.0218. The maximum absolute atomic E-state index is 12.6. The van der Waals surface area contributed by atoms with Gasteiger partial charge >= 0.3 is 6.09 Å². The lowest BCUT2D eigenvalue weighted by Crippen LogP contribution is -2.45. The van der Waals surface area contributed by atoms with Gasteiger partial charge in [0.2, 0.25) is 5.91 Å². The summed E-state index contributed by atoms with van der Waals surface area (Å²) in [7, 11) is -0.568. The number of likely N-dealkylation sites (tertiary alicyclic amines) is 1. The first-order valence-corrected chi connectivity index (χ1v) is 12.4. The van der Waals surface area contributed by atoms with Crippen molar-refractivity contribution in [3.8, 4) is 0 Å². The van der Waals surface area contributed by atoms with Crippen molar-refractivity contribution in [3.05, 3.63) is 0 Å². The van der Waals surface area contributed by atoms with E-state index in [0.29, 0.717) is 13.0 Å². The first-order valence-electron chi connectivity index (χ1n) is 9.48. The van der Waals surface area contributed by atoms with Crippen LogP contribution in [0.4, 0.5) is 4.79 Å². The summed E-state index contributed by atoms with van der Waals surface area (Å²) in [6.45, 7) is 16.4. The molecule has 0 aromatic heterocycles. The standard InChI is InChI=1S/C19H36N2O5Si/c1-18(2,3)25-17(24)21-12-13(26-27(8,9)19(4,5)6)10-14(21)15(22)11-16(23)20-7/h13-14H,10-12H2,1-9H3,(H,20,23)/t13-,14+/m1/s1. The molecule has 0 unspecified atom stereocenters. The van der Waals surface area contributed by atoms with Crippen molar-refractivity contribution in [3.63, 3.8) is 0 Å². The van der Waals surface area contributed by atoms with Gasteiger partial charge in [-0.1, -0.05) is 20.8 Å². The number of nitrogens with zero attached hydrogens (tertiary/aromatic N) is 1. The van der Waals surface area contributed by atoms with Gasteiger partial charge in [0, 0.05) is 20.0 Å². The summed E-state index contributed by atoms with van der Waals surface area (Å²) in [5.41, 5.74) is -0.663. The molecule has 7 nitrogen and oxygen atoms in total. The van der Waals surface area contributed by atoms with E-state index in [1.54, 1.807) is 20.8 Å². The van der Waals surface area contributed by atoms with Crippen LogP contribution in [0.5, 0.6) is 0 Å². The fourth-order valence-electron chi connectivity index (χ4n) is 2.67. The number of ether oxygens (including phenoxy) is 1. The Morgan fingerprint density at radius 1 is 1.11 bits per heavy atom. The Morgan fingerprint density at radius 3 is 2.11 bits per heavy atom. The zero-order chi connectivity index (χ0) is 21.2. The molecule has 2 atom stereocenters. The number of carbonyl (C=O) groups excluding carboxylic acids is 3. The van der Waals surface area contributed by atoms with Gasteiger partial charge < -0.3 is 14.5 Å². The van der Waals surface area contributed by atoms with Crippen molar-refractivity contribution in [2.24, 2.45) is 0 Å². The summed E-state index contributed by atoms with van der Waals surface area (Å²) in [6, 6.07) is -0.702. The average molecular weight is 401 g/mol. The van der Waals surface area contributed by atoms with E-state index in [1.165, 1.54) is 11.9 Å². The van der Waals surface area contributed by atoms with Crippen molar-refractivity contribution >= 4 is 26.1 Å². The normalized spacial score (nSPS) is 21.1. The Morgan fingerprint density at radius 2 is 1.67 bits per heavy atom. The molecular formula is C19H36N2O5Si. The lowest BCUT2D eigenvalue weighted by molar-refractivity contribution is -0.130. The second kappa shape index (κ2) is 8.30. The molecule has 1 aliphatic rings. The van der Waals surface area contributed by atoms with Crippen LogP contribution >= 0.6 is 0 Å². The quantitative estimate of drug-likeness (QED) is 0.566. The van der Waals surface area contributed by atoms with E-state index in [0.717, 1.165) is 0 Å². The molecule has 1 rings (SSSR count). The van der Waals surface area contributed by atoms with Gasteiger partial charge in [0.1, 0.15) is 5.60 Å². The fraction of sp³-hybridized carbons (Fsp3) is 0.842. The monoisotopic (exact) mass is 400 g/mol. The summed E-state index contributed by atoms with van der Waals surface area (Å²) < 4.78 is 11.9. The third-order valence-corrected chi connectivity index (χ3v) is 9.68. The van der Waals surface area contributed by atoms with E-state index in [2.05, 4.69) is 39.2 Å². The van der Waals surface area contributed by atoms with Crippen molar-refractivity contribution < 1.29 is 23.5 Å². The van der Waals surface area contributed by atoms with Crippen molar-refractivity contribution in [2.45, 2.75) is 90.3 Å². The van der Waals surface area contributed by atoms with Gasteiger partial charge in [0.05, 0.1) is 18.6 Å². The van der Waals surface area contributed by atoms with Crippen LogP contribution in [0.25, 0.3) is 0 Å². The van der Waals surface area contributed by atoms with Crippen molar-refractivity contribution in [1.29, 1.82) is 0 Å². The van der Waals surface area contributed by atoms with Gasteiger partial charge in [0.25, 0.3) is 0 Å². The zero-order valence-electron chi connectivity index (χ0n) is 18.3. The van der Waals surface area contributed by atoms with Crippen LogP contribution in [0.1, 0.15) is 54.4 Å². The number of carbonyl (C=O) groups is 3. The first-order chi connectivity index (χ1) is 12.1. The third-order valence-electron chi connectivity index (χ3n) is 5.14. The molecule has 1 heterocycles. The van der Waals surface area contributed by atoms with Gasteiger partial charge in [-0.25, -0.2) is 4.79 Å². The van der Waals surface area contributed by atoms with Crippen LogP contribution in [0, 0.1) is 0 Å². The van der Waals surface area contributed by atoms with E-state index in [4.69, 9.17) is 9.16 Å². The second-order valence-electron chi connectivity index (χ2n) is 9.70. The number of rotatable bonds is 5. The Kier molecular flexibility index (Phi) is 7.27. The van der Waals surface area contributed by atoms with Crippen LogP contribution in [0.2, 0.25) is 18.1 Å². The summed E-state index contributed by atoms with van der Waals surface area (Å²) in [5, 5.41) is 2.47.